The Labute approximate surface area is 172 Å². The number of amides is 2. The summed E-state index contributed by atoms with van der Waals surface area (Å²) < 4.78 is 11.4. The van der Waals surface area contributed by atoms with Crippen LogP contribution in [0.1, 0.15) is 59.9 Å². The highest BCUT2D eigenvalue weighted by atomic mass is 16.6. The molecule has 2 aromatic rings. The van der Waals surface area contributed by atoms with E-state index in [1.165, 1.54) is 0 Å². The number of carbonyl (C=O) groups is 2. The van der Waals surface area contributed by atoms with Crippen LogP contribution < -0.4 is 15.8 Å². The van der Waals surface area contributed by atoms with Crippen LogP contribution in [-0.4, -0.2) is 34.2 Å². The Morgan fingerprint density at radius 2 is 1.86 bits per heavy atom. The minimum atomic E-state index is -1.04. The first-order chi connectivity index (χ1) is 13.5. The highest BCUT2D eigenvalue weighted by molar-refractivity contribution is 5.90. The lowest BCUT2D eigenvalue weighted by Crippen LogP contribution is -2.48. The van der Waals surface area contributed by atoms with E-state index < -0.39 is 23.2 Å². The summed E-state index contributed by atoms with van der Waals surface area (Å²) in [5.41, 5.74) is 5.88. The minimum Gasteiger partial charge on any atom is -0.475 e. The summed E-state index contributed by atoms with van der Waals surface area (Å²) in [6.45, 7) is 11.2. The van der Waals surface area contributed by atoms with Crippen LogP contribution in [0.3, 0.4) is 0 Å². The maximum atomic E-state index is 12.0. The van der Waals surface area contributed by atoms with Gasteiger partial charge in [0.05, 0.1) is 5.52 Å². The van der Waals surface area contributed by atoms with Crippen LogP contribution >= 0.6 is 0 Å². The molecule has 0 aliphatic carbocycles. The van der Waals surface area contributed by atoms with E-state index in [4.69, 9.17) is 15.2 Å². The van der Waals surface area contributed by atoms with Crippen LogP contribution in [0.15, 0.2) is 24.4 Å². The van der Waals surface area contributed by atoms with Crippen LogP contribution in [0.5, 0.6) is 5.75 Å². The van der Waals surface area contributed by atoms with E-state index in [0.29, 0.717) is 25.0 Å². The Bertz CT molecular complexity index is 863. The number of aromatic amines is 1. The van der Waals surface area contributed by atoms with Gasteiger partial charge in [0, 0.05) is 17.6 Å². The molecule has 7 heteroatoms. The number of rotatable bonds is 8. The summed E-state index contributed by atoms with van der Waals surface area (Å²) in [6.07, 6.45) is 3.05. The number of nitrogens with two attached hydrogens (primary N) is 1. The largest absolute Gasteiger partial charge is 0.475 e. The van der Waals surface area contributed by atoms with Gasteiger partial charge in [-0.1, -0.05) is 26.0 Å². The summed E-state index contributed by atoms with van der Waals surface area (Å²) >= 11 is 0. The van der Waals surface area contributed by atoms with Gasteiger partial charge in [0.1, 0.15) is 11.4 Å². The molecule has 1 heterocycles. The van der Waals surface area contributed by atoms with Gasteiger partial charge in [-0.2, -0.15) is 0 Å². The number of ether oxygens (including phenoxy) is 2. The molecular weight excluding hydrogens is 370 g/mol. The third-order valence-corrected chi connectivity index (χ3v) is 4.95. The van der Waals surface area contributed by atoms with Gasteiger partial charge in [0.2, 0.25) is 0 Å². The summed E-state index contributed by atoms with van der Waals surface area (Å²) in [5, 5.41) is 3.84. The van der Waals surface area contributed by atoms with Gasteiger partial charge in [-0.3, -0.25) is 4.79 Å². The van der Waals surface area contributed by atoms with E-state index in [2.05, 4.69) is 10.3 Å². The molecule has 0 bridgehead atoms. The molecule has 1 unspecified atom stereocenters. The number of hydrogen-bond acceptors (Lipinski definition) is 4. The summed E-state index contributed by atoms with van der Waals surface area (Å²) in [4.78, 5) is 27.3. The Hall–Kier alpha value is -2.70. The second-order valence-electron chi connectivity index (χ2n) is 8.41. The monoisotopic (exact) mass is 403 g/mol. The van der Waals surface area contributed by atoms with Crippen molar-refractivity contribution in [3.8, 4) is 5.75 Å². The molecule has 1 aromatic heterocycles. The number of H-pyrrole nitrogens is 1. The average Bonchev–Trinajstić information content (AvgIpc) is 3.01. The number of para-hydroxylation sites is 1. The minimum absolute atomic E-state index is 0.121. The Kier molecular flexibility index (Phi) is 6.82. The topological polar surface area (TPSA) is 106 Å². The Balaban J connectivity index is 2.21. The first-order valence-electron chi connectivity index (χ1n) is 10.1. The first kappa shape index (κ1) is 22.6. The molecule has 2 amide bonds. The lowest BCUT2D eigenvalue weighted by molar-refractivity contribution is -0.134. The van der Waals surface area contributed by atoms with Crippen LogP contribution in [0.25, 0.3) is 10.9 Å². The molecule has 29 heavy (non-hydrogen) atoms. The fourth-order valence-electron chi connectivity index (χ4n) is 3.33. The van der Waals surface area contributed by atoms with Crippen LogP contribution in [0, 0.1) is 0 Å². The molecule has 0 radical (unpaired) electrons. The molecule has 160 valence electrons. The Morgan fingerprint density at radius 3 is 2.41 bits per heavy atom. The molecule has 2 rings (SSSR count). The summed E-state index contributed by atoms with van der Waals surface area (Å²) in [5.74, 6) is 0.116. The zero-order valence-corrected chi connectivity index (χ0v) is 18.2. The molecule has 0 spiro atoms. The third kappa shape index (κ3) is 5.43. The fourth-order valence-corrected chi connectivity index (χ4v) is 3.33. The van der Waals surface area contributed by atoms with Crippen LogP contribution in [-0.2, 0) is 16.0 Å². The van der Waals surface area contributed by atoms with Gasteiger partial charge < -0.3 is 25.5 Å². The zero-order chi connectivity index (χ0) is 21.8. The predicted octanol–water partition coefficient (Wildman–Crippen LogP) is 4.05. The van der Waals surface area contributed by atoms with Crippen molar-refractivity contribution in [2.24, 2.45) is 5.73 Å². The summed E-state index contributed by atoms with van der Waals surface area (Å²) in [7, 11) is 0. The molecular formula is C22H33N3O4. The SMILES string of the molecule is CCC(CC)(Oc1cccc2c(CC(C)NC(=O)OC(C)(C)C)c[nH]c12)C(N)=O. The average molecular weight is 404 g/mol. The molecule has 0 saturated carbocycles. The number of aromatic nitrogens is 1. The van der Waals surface area contributed by atoms with Crippen molar-refractivity contribution in [1.82, 2.24) is 10.3 Å². The molecule has 7 nitrogen and oxygen atoms in total. The standard InChI is InChI=1S/C22H33N3O4/c1-7-22(8-2,19(23)26)28-17-11-9-10-16-15(13-24-18(16)17)12-14(3)25-20(27)29-21(4,5)6/h9-11,13-14,24H,7-8,12H2,1-6H3,(H2,23,26)(H,25,27). The van der Waals surface area contributed by atoms with E-state index in [1.807, 2.05) is 65.9 Å². The Morgan fingerprint density at radius 1 is 1.21 bits per heavy atom. The van der Waals surface area contributed by atoms with Crippen molar-refractivity contribution in [3.63, 3.8) is 0 Å². The van der Waals surface area contributed by atoms with E-state index in [9.17, 15) is 9.59 Å². The lowest BCUT2D eigenvalue weighted by Gasteiger charge is -2.29. The van der Waals surface area contributed by atoms with Crippen molar-refractivity contribution in [2.45, 2.75) is 78.0 Å². The number of primary amides is 1. The van der Waals surface area contributed by atoms with Gasteiger partial charge in [-0.15, -0.1) is 0 Å². The predicted molar refractivity (Wildman–Crippen MR) is 114 cm³/mol. The van der Waals surface area contributed by atoms with Gasteiger partial charge >= 0.3 is 6.09 Å². The number of nitrogens with one attached hydrogen (secondary N) is 2. The van der Waals surface area contributed by atoms with Gasteiger partial charge in [-0.25, -0.2) is 4.79 Å². The van der Waals surface area contributed by atoms with E-state index >= 15 is 0 Å². The number of hydrogen-bond donors (Lipinski definition) is 3. The van der Waals surface area contributed by atoms with Crippen LogP contribution in [0.4, 0.5) is 4.79 Å². The molecule has 0 aliphatic rings. The second-order valence-corrected chi connectivity index (χ2v) is 8.41. The van der Waals surface area contributed by atoms with Crippen molar-refractivity contribution in [1.29, 1.82) is 0 Å². The highest BCUT2D eigenvalue weighted by Crippen LogP contribution is 2.32. The molecule has 0 fully saturated rings. The van der Waals surface area contributed by atoms with Crippen molar-refractivity contribution in [3.05, 3.63) is 30.0 Å². The van der Waals surface area contributed by atoms with Crippen molar-refractivity contribution < 1.29 is 19.1 Å². The van der Waals surface area contributed by atoms with E-state index in [1.54, 1.807) is 0 Å². The smallest absolute Gasteiger partial charge is 0.407 e. The zero-order valence-electron chi connectivity index (χ0n) is 18.2. The maximum absolute atomic E-state index is 12.0. The number of alkyl carbamates (subject to hydrolysis) is 1. The first-order valence-corrected chi connectivity index (χ1v) is 10.1. The molecule has 1 aromatic carbocycles. The highest BCUT2D eigenvalue weighted by Gasteiger charge is 2.36. The number of fused-ring (bicyclic) bond motifs is 1. The summed E-state index contributed by atoms with van der Waals surface area (Å²) in [6, 6.07) is 5.58. The molecule has 1 atom stereocenters. The lowest BCUT2D eigenvalue weighted by atomic mass is 9.96. The van der Waals surface area contributed by atoms with Crippen molar-refractivity contribution >= 4 is 22.9 Å². The fraction of sp³-hybridized carbons (Fsp3) is 0.545. The van der Waals surface area contributed by atoms with Gasteiger partial charge in [0.25, 0.3) is 5.91 Å². The normalized spacial score (nSPS) is 13.2. The van der Waals surface area contributed by atoms with Crippen molar-refractivity contribution in [2.75, 3.05) is 0 Å². The molecule has 0 saturated heterocycles. The van der Waals surface area contributed by atoms with E-state index in [-0.39, 0.29) is 6.04 Å². The van der Waals surface area contributed by atoms with Gasteiger partial charge in [0.15, 0.2) is 5.60 Å². The number of carbonyl (C=O) groups excluding carboxylic acids is 2. The molecule has 0 aliphatic heterocycles. The van der Waals surface area contributed by atoms with E-state index in [0.717, 1.165) is 16.5 Å². The van der Waals surface area contributed by atoms with Crippen LogP contribution in [0.2, 0.25) is 0 Å². The van der Waals surface area contributed by atoms with Gasteiger partial charge in [-0.05, 0) is 58.6 Å². The second kappa shape index (κ2) is 8.76. The maximum Gasteiger partial charge on any atom is 0.407 e. The quantitative estimate of drug-likeness (QED) is 0.618. The molecule has 4 N–H and O–H groups in total. The number of benzene rings is 1. The third-order valence-electron chi connectivity index (χ3n) is 4.95.